The summed E-state index contributed by atoms with van der Waals surface area (Å²) in [6.07, 6.45) is 2.48. The SMILES string of the molecule is Cc1nn(C)c2ncc(NC(=O)NCCc3cccs3)cc12. The molecule has 7 heteroatoms. The molecular weight excluding hydrogens is 298 g/mol. The number of rotatable bonds is 4. The van der Waals surface area contributed by atoms with Crippen molar-refractivity contribution in [1.29, 1.82) is 0 Å². The molecule has 6 nitrogen and oxygen atoms in total. The number of hydrogen-bond acceptors (Lipinski definition) is 4. The van der Waals surface area contributed by atoms with Gasteiger partial charge in [-0.2, -0.15) is 5.10 Å². The lowest BCUT2D eigenvalue weighted by Gasteiger charge is -2.07. The summed E-state index contributed by atoms with van der Waals surface area (Å²) in [7, 11) is 1.85. The molecule has 22 heavy (non-hydrogen) atoms. The average Bonchev–Trinajstić information content (AvgIpc) is 3.08. The highest BCUT2D eigenvalue weighted by atomic mass is 32.1. The molecule has 0 unspecified atom stereocenters. The van der Waals surface area contributed by atoms with Crippen LogP contribution in [0.5, 0.6) is 0 Å². The van der Waals surface area contributed by atoms with Crippen molar-refractivity contribution in [1.82, 2.24) is 20.1 Å². The molecule has 0 aromatic carbocycles. The van der Waals surface area contributed by atoms with Crippen LogP contribution in [0.15, 0.2) is 29.8 Å². The van der Waals surface area contributed by atoms with Crippen LogP contribution in [-0.2, 0) is 13.5 Å². The molecule has 0 atom stereocenters. The van der Waals surface area contributed by atoms with E-state index in [1.807, 2.05) is 31.5 Å². The fraction of sp³-hybridized carbons (Fsp3) is 0.267. The van der Waals surface area contributed by atoms with Gasteiger partial charge in [-0.1, -0.05) is 6.07 Å². The summed E-state index contributed by atoms with van der Waals surface area (Å²) in [5.74, 6) is 0. The van der Waals surface area contributed by atoms with Crippen LogP contribution in [-0.4, -0.2) is 27.3 Å². The second-order valence-corrected chi connectivity index (χ2v) is 6.05. The van der Waals surface area contributed by atoms with Crippen molar-refractivity contribution in [3.63, 3.8) is 0 Å². The van der Waals surface area contributed by atoms with Crippen molar-refractivity contribution in [2.24, 2.45) is 7.05 Å². The fourth-order valence-corrected chi connectivity index (χ4v) is 3.01. The minimum atomic E-state index is -0.223. The highest BCUT2D eigenvalue weighted by molar-refractivity contribution is 7.09. The van der Waals surface area contributed by atoms with E-state index in [-0.39, 0.29) is 6.03 Å². The van der Waals surface area contributed by atoms with Gasteiger partial charge in [0.05, 0.1) is 17.6 Å². The van der Waals surface area contributed by atoms with Gasteiger partial charge in [0.15, 0.2) is 5.65 Å². The van der Waals surface area contributed by atoms with E-state index < -0.39 is 0 Å². The van der Waals surface area contributed by atoms with E-state index in [2.05, 4.69) is 26.8 Å². The van der Waals surface area contributed by atoms with Crippen molar-refractivity contribution in [2.75, 3.05) is 11.9 Å². The number of hydrogen-bond donors (Lipinski definition) is 2. The molecule has 3 aromatic rings. The summed E-state index contributed by atoms with van der Waals surface area (Å²) in [5, 5.41) is 12.9. The van der Waals surface area contributed by atoms with E-state index in [1.54, 1.807) is 22.2 Å². The molecule has 0 saturated carbocycles. The molecule has 114 valence electrons. The van der Waals surface area contributed by atoms with Crippen LogP contribution in [0.1, 0.15) is 10.6 Å². The molecule has 3 aromatic heterocycles. The second-order valence-electron chi connectivity index (χ2n) is 5.01. The molecule has 0 saturated heterocycles. The van der Waals surface area contributed by atoms with Crippen molar-refractivity contribution in [2.45, 2.75) is 13.3 Å². The van der Waals surface area contributed by atoms with Gasteiger partial charge in [-0.3, -0.25) is 4.68 Å². The van der Waals surface area contributed by atoms with E-state index >= 15 is 0 Å². The van der Waals surface area contributed by atoms with Crippen molar-refractivity contribution in [3.8, 4) is 0 Å². The number of carbonyl (C=O) groups is 1. The van der Waals surface area contributed by atoms with Crippen LogP contribution < -0.4 is 10.6 Å². The Kier molecular flexibility index (Phi) is 4.06. The van der Waals surface area contributed by atoms with Crippen molar-refractivity contribution < 1.29 is 4.79 Å². The molecule has 0 radical (unpaired) electrons. The average molecular weight is 315 g/mol. The maximum atomic E-state index is 11.9. The zero-order valence-electron chi connectivity index (χ0n) is 12.5. The van der Waals surface area contributed by atoms with Crippen molar-refractivity contribution in [3.05, 3.63) is 40.3 Å². The second kappa shape index (κ2) is 6.15. The lowest BCUT2D eigenvalue weighted by atomic mass is 10.2. The summed E-state index contributed by atoms with van der Waals surface area (Å²) < 4.78 is 1.73. The van der Waals surface area contributed by atoms with Crippen molar-refractivity contribution >= 4 is 34.1 Å². The first kappa shape index (κ1) is 14.5. The quantitative estimate of drug-likeness (QED) is 0.777. The summed E-state index contributed by atoms with van der Waals surface area (Å²) in [6.45, 7) is 2.53. The molecule has 0 spiro atoms. The van der Waals surface area contributed by atoms with Gasteiger partial charge in [-0.25, -0.2) is 9.78 Å². The number of carbonyl (C=O) groups excluding carboxylic acids is 1. The predicted octanol–water partition coefficient (Wildman–Crippen LogP) is 2.70. The van der Waals surface area contributed by atoms with E-state index in [0.717, 1.165) is 23.1 Å². The number of amides is 2. The molecular formula is C15H17N5OS. The van der Waals surface area contributed by atoms with Gasteiger partial charge in [0.2, 0.25) is 0 Å². The minimum Gasteiger partial charge on any atom is -0.338 e. The number of pyridine rings is 1. The molecule has 2 N–H and O–H groups in total. The number of nitrogens with one attached hydrogen (secondary N) is 2. The normalized spacial score (nSPS) is 10.8. The number of thiophene rings is 1. The maximum Gasteiger partial charge on any atom is 0.319 e. The zero-order chi connectivity index (χ0) is 15.5. The molecule has 0 fully saturated rings. The van der Waals surface area contributed by atoms with E-state index in [4.69, 9.17) is 0 Å². The first-order valence-electron chi connectivity index (χ1n) is 7.00. The molecule has 2 amide bonds. The monoisotopic (exact) mass is 315 g/mol. The number of anilines is 1. The van der Waals surface area contributed by atoms with Crippen LogP contribution in [0.4, 0.5) is 10.5 Å². The molecule has 0 aliphatic carbocycles. The van der Waals surface area contributed by atoms with Gasteiger partial charge >= 0.3 is 6.03 Å². The Morgan fingerprint density at radius 1 is 1.45 bits per heavy atom. The van der Waals surface area contributed by atoms with Gasteiger partial charge in [-0.15, -0.1) is 11.3 Å². The van der Waals surface area contributed by atoms with Crippen LogP contribution in [0.3, 0.4) is 0 Å². The van der Waals surface area contributed by atoms with E-state index in [9.17, 15) is 4.79 Å². The van der Waals surface area contributed by atoms with Gasteiger partial charge in [0.1, 0.15) is 0 Å². The first-order chi connectivity index (χ1) is 10.6. The number of urea groups is 1. The zero-order valence-corrected chi connectivity index (χ0v) is 13.3. The highest BCUT2D eigenvalue weighted by Gasteiger charge is 2.08. The summed E-state index contributed by atoms with van der Waals surface area (Å²) in [4.78, 5) is 17.5. The van der Waals surface area contributed by atoms with Gasteiger partial charge in [-0.05, 0) is 30.9 Å². The largest absolute Gasteiger partial charge is 0.338 e. The van der Waals surface area contributed by atoms with Crippen LogP contribution in [0.25, 0.3) is 11.0 Å². The van der Waals surface area contributed by atoms with E-state index in [1.165, 1.54) is 4.88 Å². The van der Waals surface area contributed by atoms with Crippen LogP contribution >= 0.6 is 11.3 Å². The third-order valence-corrected chi connectivity index (χ3v) is 4.29. The Bertz CT molecular complexity index is 794. The Labute approximate surface area is 132 Å². The molecule has 0 aliphatic heterocycles. The number of fused-ring (bicyclic) bond motifs is 1. The third kappa shape index (κ3) is 3.09. The summed E-state index contributed by atoms with van der Waals surface area (Å²) in [6, 6.07) is 5.74. The van der Waals surface area contributed by atoms with E-state index in [0.29, 0.717) is 12.2 Å². The molecule has 0 aliphatic rings. The molecule has 3 heterocycles. The standard InChI is InChI=1S/C15H17N5OS/c1-10-13-8-11(9-17-14(13)20(2)19-10)18-15(21)16-6-5-12-4-3-7-22-12/h3-4,7-9H,5-6H2,1-2H3,(H2,16,18,21). The van der Waals surface area contributed by atoms with Gasteiger partial charge in [0, 0.05) is 23.9 Å². The fourth-order valence-electron chi connectivity index (χ4n) is 2.31. The number of aromatic nitrogens is 3. The maximum absolute atomic E-state index is 11.9. The lowest BCUT2D eigenvalue weighted by molar-refractivity contribution is 0.252. The number of nitrogens with zero attached hydrogens (tertiary/aromatic N) is 3. The summed E-state index contributed by atoms with van der Waals surface area (Å²) >= 11 is 1.69. The van der Waals surface area contributed by atoms with Gasteiger partial charge in [0.25, 0.3) is 0 Å². The smallest absolute Gasteiger partial charge is 0.319 e. The topological polar surface area (TPSA) is 71.8 Å². The van der Waals surface area contributed by atoms with Gasteiger partial charge < -0.3 is 10.6 Å². The Morgan fingerprint density at radius 2 is 2.32 bits per heavy atom. The lowest BCUT2D eigenvalue weighted by Crippen LogP contribution is -2.30. The predicted molar refractivity (Wildman–Crippen MR) is 88.3 cm³/mol. The Balaban J connectivity index is 1.60. The third-order valence-electron chi connectivity index (χ3n) is 3.36. The number of aryl methyl sites for hydroxylation is 2. The van der Waals surface area contributed by atoms with Crippen LogP contribution in [0.2, 0.25) is 0 Å². The summed E-state index contributed by atoms with van der Waals surface area (Å²) in [5.41, 5.74) is 2.37. The molecule has 0 bridgehead atoms. The van der Waals surface area contributed by atoms with Crippen LogP contribution in [0, 0.1) is 6.92 Å². The first-order valence-corrected chi connectivity index (χ1v) is 7.88. The minimum absolute atomic E-state index is 0.223. The Morgan fingerprint density at radius 3 is 3.09 bits per heavy atom. The Hall–Kier alpha value is -2.41. The highest BCUT2D eigenvalue weighted by Crippen LogP contribution is 2.19. The molecule has 3 rings (SSSR count).